The van der Waals surface area contributed by atoms with Crippen molar-refractivity contribution in [2.75, 3.05) is 18.0 Å². The lowest BCUT2D eigenvalue weighted by molar-refractivity contribution is -0.149. The summed E-state index contributed by atoms with van der Waals surface area (Å²) in [6.07, 6.45) is 5.03. The molecule has 1 aromatic carbocycles. The zero-order chi connectivity index (χ0) is 20.2. The van der Waals surface area contributed by atoms with Crippen LogP contribution in [0, 0.1) is 11.3 Å². The van der Waals surface area contributed by atoms with Crippen molar-refractivity contribution in [3.8, 4) is 0 Å². The zero-order valence-corrected chi connectivity index (χ0v) is 16.6. The number of aliphatic carboxylic acids is 1. The van der Waals surface area contributed by atoms with Crippen LogP contribution in [0.3, 0.4) is 0 Å². The Kier molecular flexibility index (Phi) is 4.19. The lowest BCUT2D eigenvalue weighted by atomic mass is 9.81. The van der Waals surface area contributed by atoms with Gasteiger partial charge in [-0.15, -0.1) is 0 Å². The number of fused-ring (bicyclic) bond motifs is 2. The Morgan fingerprint density at radius 1 is 1.28 bits per heavy atom. The van der Waals surface area contributed by atoms with Crippen LogP contribution in [0.4, 0.5) is 5.69 Å². The molecule has 1 aromatic heterocycles. The maximum Gasteiger partial charge on any atom is 0.311 e. The molecule has 2 fully saturated rings. The number of rotatable bonds is 4. The van der Waals surface area contributed by atoms with Gasteiger partial charge in [0.1, 0.15) is 5.76 Å². The van der Waals surface area contributed by atoms with Crippen LogP contribution < -0.4 is 4.90 Å². The van der Waals surface area contributed by atoms with E-state index in [1.165, 1.54) is 11.3 Å². The SMILES string of the molecule is CC1Cc2ccccc2N1Cc1occc1C(=O)N1C[C@@H]2CCC[C@@]2(C(=O)O)C1. The molecule has 152 valence electrons. The summed E-state index contributed by atoms with van der Waals surface area (Å²) in [5.41, 5.74) is 2.30. The van der Waals surface area contributed by atoms with Gasteiger partial charge in [-0.25, -0.2) is 0 Å². The third kappa shape index (κ3) is 2.76. The number of carboxylic acid groups (broad SMARTS) is 1. The molecule has 2 aromatic rings. The smallest absolute Gasteiger partial charge is 0.311 e. The summed E-state index contributed by atoms with van der Waals surface area (Å²) < 4.78 is 5.73. The van der Waals surface area contributed by atoms with E-state index < -0.39 is 11.4 Å². The van der Waals surface area contributed by atoms with E-state index in [0.717, 1.165) is 19.3 Å². The van der Waals surface area contributed by atoms with Gasteiger partial charge in [-0.3, -0.25) is 9.59 Å². The first-order chi connectivity index (χ1) is 14.0. The summed E-state index contributed by atoms with van der Waals surface area (Å²) in [4.78, 5) is 29.2. The first-order valence-electron chi connectivity index (χ1n) is 10.4. The molecule has 0 radical (unpaired) electrons. The molecule has 3 heterocycles. The van der Waals surface area contributed by atoms with Crippen molar-refractivity contribution in [1.82, 2.24) is 4.90 Å². The predicted molar refractivity (Wildman–Crippen MR) is 108 cm³/mol. The third-order valence-electron chi connectivity index (χ3n) is 7.22. The highest BCUT2D eigenvalue weighted by atomic mass is 16.4. The summed E-state index contributed by atoms with van der Waals surface area (Å²) in [6.45, 7) is 3.55. The Hall–Kier alpha value is -2.76. The van der Waals surface area contributed by atoms with Gasteiger partial charge in [0, 0.05) is 24.8 Å². The number of carboxylic acids is 1. The molecule has 6 nitrogen and oxygen atoms in total. The number of carbonyl (C=O) groups excluding carboxylic acids is 1. The number of furan rings is 1. The number of anilines is 1. The van der Waals surface area contributed by atoms with Gasteiger partial charge in [-0.05, 0) is 49.8 Å². The van der Waals surface area contributed by atoms with Gasteiger partial charge in [-0.1, -0.05) is 24.6 Å². The fourth-order valence-electron chi connectivity index (χ4n) is 5.64. The Balaban J connectivity index is 1.37. The summed E-state index contributed by atoms with van der Waals surface area (Å²) in [5.74, 6) is -0.154. The second-order valence-electron chi connectivity index (χ2n) is 8.80. The van der Waals surface area contributed by atoms with Crippen molar-refractivity contribution in [2.24, 2.45) is 11.3 Å². The Bertz CT molecular complexity index is 967. The van der Waals surface area contributed by atoms with E-state index in [9.17, 15) is 14.7 Å². The van der Waals surface area contributed by atoms with Crippen LogP contribution in [0.25, 0.3) is 0 Å². The van der Waals surface area contributed by atoms with E-state index in [1.54, 1.807) is 17.2 Å². The molecule has 6 heteroatoms. The van der Waals surface area contributed by atoms with Crippen LogP contribution in [0.1, 0.15) is 47.9 Å². The number of hydrogen-bond acceptors (Lipinski definition) is 4. The van der Waals surface area contributed by atoms with Gasteiger partial charge in [0.2, 0.25) is 0 Å². The van der Waals surface area contributed by atoms with Crippen LogP contribution in [0.2, 0.25) is 0 Å². The number of para-hydroxylation sites is 1. The Morgan fingerprint density at radius 3 is 2.90 bits per heavy atom. The van der Waals surface area contributed by atoms with Crippen molar-refractivity contribution >= 4 is 17.6 Å². The number of benzene rings is 1. The number of amides is 1. The molecular weight excluding hydrogens is 368 g/mol. The first kappa shape index (κ1) is 18.3. The maximum atomic E-state index is 13.3. The number of carbonyl (C=O) groups is 2. The highest BCUT2D eigenvalue weighted by molar-refractivity contribution is 5.96. The van der Waals surface area contributed by atoms with Crippen molar-refractivity contribution in [3.05, 3.63) is 53.5 Å². The average molecular weight is 394 g/mol. The van der Waals surface area contributed by atoms with Gasteiger partial charge >= 0.3 is 5.97 Å². The van der Waals surface area contributed by atoms with E-state index >= 15 is 0 Å². The average Bonchev–Trinajstić information content (AvgIpc) is 3.44. The molecule has 29 heavy (non-hydrogen) atoms. The lowest BCUT2D eigenvalue weighted by Crippen LogP contribution is -2.37. The third-order valence-corrected chi connectivity index (χ3v) is 7.22. The molecule has 1 saturated carbocycles. The highest BCUT2D eigenvalue weighted by Gasteiger charge is 2.56. The van der Waals surface area contributed by atoms with Gasteiger partial charge in [0.15, 0.2) is 0 Å². The van der Waals surface area contributed by atoms with E-state index in [1.807, 2.05) is 6.07 Å². The summed E-state index contributed by atoms with van der Waals surface area (Å²) >= 11 is 0. The van der Waals surface area contributed by atoms with Crippen molar-refractivity contribution in [2.45, 2.75) is 45.2 Å². The minimum Gasteiger partial charge on any atom is -0.481 e. The minimum absolute atomic E-state index is 0.0600. The summed E-state index contributed by atoms with van der Waals surface area (Å²) in [5, 5.41) is 9.81. The predicted octanol–water partition coefficient (Wildman–Crippen LogP) is 3.56. The summed E-state index contributed by atoms with van der Waals surface area (Å²) in [6, 6.07) is 10.4. The zero-order valence-electron chi connectivity index (χ0n) is 16.6. The van der Waals surface area contributed by atoms with Crippen LogP contribution in [-0.2, 0) is 17.8 Å². The van der Waals surface area contributed by atoms with Gasteiger partial charge in [-0.2, -0.15) is 0 Å². The quantitative estimate of drug-likeness (QED) is 0.858. The van der Waals surface area contributed by atoms with E-state index in [2.05, 4.69) is 30.0 Å². The molecule has 2 aliphatic heterocycles. The van der Waals surface area contributed by atoms with Gasteiger partial charge < -0.3 is 19.3 Å². The molecular formula is C23H26N2O4. The molecule has 3 atom stereocenters. The second-order valence-corrected chi connectivity index (χ2v) is 8.80. The fraction of sp³-hybridized carbons (Fsp3) is 0.478. The second kappa shape index (κ2) is 6.65. The molecule has 5 rings (SSSR count). The molecule has 1 unspecified atom stereocenters. The van der Waals surface area contributed by atoms with Crippen LogP contribution >= 0.6 is 0 Å². The van der Waals surface area contributed by atoms with Gasteiger partial charge in [0.05, 0.1) is 23.8 Å². The van der Waals surface area contributed by atoms with Crippen LogP contribution in [0.5, 0.6) is 0 Å². The Labute approximate surface area is 170 Å². The minimum atomic E-state index is -0.762. The van der Waals surface area contributed by atoms with Gasteiger partial charge in [0.25, 0.3) is 5.91 Å². The van der Waals surface area contributed by atoms with E-state index in [4.69, 9.17) is 4.42 Å². The topological polar surface area (TPSA) is 74.0 Å². The number of nitrogens with zero attached hydrogens (tertiary/aromatic N) is 2. The molecule has 1 N–H and O–H groups in total. The van der Waals surface area contributed by atoms with E-state index in [0.29, 0.717) is 43.4 Å². The number of hydrogen-bond donors (Lipinski definition) is 1. The monoisotopic (exact) mass is 394 g/mol. The molecule has 0 spiro atoms. The van der Waals surface area contributed by atoms with Crippen LogP contribution in [-0.4, -0.2) is 41.0 Å². The van der Waals surface area contributed by atoms with Crippen LogP contribution in [0.15, 0.2) is 41.0 Å². The molecule has 0 bridgehead atoms. The lowest BCUT2D eigenvalue weighted by Gasteiger charge is -2.25. The van der Waals surface area contributed by atoms with Crippen molar-refractivity contribution < 1.29 is 19.1 Å². The molecule has 1 aliphatic carbocycles. The normalized spacial score (nSPS) is 27.9. The van der Waals surface area contributed by atoms with E-state index in [-0.39, 0.29) is 11.8 Å². The Morgan fingerprint density at radius 2 is 2.10 bits per heavy atom. The largest absolute Gasteiger partial charge is 0.481 e. The maximum absolute atomic E-state index is 13.3. The number of likely N-dealkylation sites (tertiary alicyclic amines) is 1. The highest BCUT2D eigenvalue weighted by Crippen LogP contribution is 2.49. The van der Waals surface area contributed by atoms with Crippen molar-refractivity contribution in [3.63, 3.8) is 0 Å². The molecule has 3 aliphatic rings. The summed E-state index contributed by atoms with van der Waals surface area (Å²) in [7, 11) is 0. The first-order valence-corrected chi connectivity index (χ1v) is 10.4. The molecule has 1 saturated heterocycles. The fourth-order valence-corrected chi connectivity index (χ4v) is 5.64. The molecule has 1 amide bonds. The standard InChI is InChI=1S/C23H26N2O4/c1-15-11-16-5-2-3-7-19(16)25(15)13-20-18(8-10-29-20)21(26)24-12-17-6-4-9-23(17,14-24)22(27)28/h2-3,5,7-8,10,15,17H,4,6,9,11-14H2,1H3,(H,27,28)/t15?,17-,23+/m0/s1. The van der Waals surface area contributed by atoms with Crippen molar-refractivity contribution in [1.29, 1.82) is 0 Å².